The predicted molar refractivity (Wildman–Crippen MR) is 59.4 cm³/mol. The smallest absolute Gasteiger partial charge is 0.308 e. The van der Waals surface area contributed by atoms with E-state index in [4.69, 9.17) is 5.11 Å². The van der Waals surface area contributed by atoms with Crippen LogP contribution in [0.2, 0.25) is 0 Å². The molecule has 0 bridgehead atoms. The van der Waals surface area contributed by atoms with E-state index in [1.54, 1.807) is 0 Å². The largest absolute Gasteiger partial charge is 0.481 e. The van der Waals surface area contributed by atoms with Crippen LogP contribution >= 0.6 is 0 Å². The normalized spacial score (nSPS) is 24.2. The Morgan fingerprint density at radius 1 is 1.41 bits per heavy atom. The van der Waals surface area contributed by atoms with Crippen molar-refractivity contribution in [2.45, 2.75) is 31.7 Å². The number of aromatic amines is 1. The average molecular weight is 237 g/mol. The molecule has 0 aliphatic heterocycles. The monoisotopic (exact) mass is 237 g/mol. The van der Waals surface area contributed by atoms with Crippen LogP contribution < -0.4 is 5.32 Å². The van der Waals surface area contributed by atoms with Crippen LogP contribution in [0.3, 0.4) is 0 Å². The van der Waals surface area contributed by atoms with Crippen LogP contribution in [-0.4, -0.2) is 33.0 Å². The number of aliphatic carboxylic acids is 1. The van der Waals surface area contributed by atoms with Gasteiger partial charge in [-0.25, -0.2) is 4.98 Å². The van der Waals surface area contributed by atoms with Crippen molar-refractivity contribution in [2.75, 3.05) is 0 Å². The van der Waals surface area contributed by atoms with Crippen molar-refractivity contribution in [3.63, 3.8) is 0 Å². The minimum atomic E-state index is -0.834. The lowest BCUT2D eigenvalue weighted by Gasteiger charge is -2.28. The molecule has 1 aromatic heterocycles. The number of carboxylic acids is 1. The number of carbonyl (C=O) groups is 2. The number of rotatable bonds is 3. The van der Waals surface area contributed by atoms with Crippen molar-refractivity contribution in [3.8, 4) is 0 Å². The third kappa shape index (κ3) is 2.64. The highest BCUT2D eigenvalue weighted by atomic mass is 16.4. The van der Waals surface area contributed by atoms with Gasteiger partial charge in [-0.15, -0.1) is 0 Å². The molecule has 0 spiro atoms. The van der Waals surface area contributed by atoms with Crippen molar-refractivity contribution < 1.29 is 14.7 Å². The van der Waals surface area contributed by atoms with Crippen molar-refractivity contribution in [3.05, 3.63) is 18.2 Å². The van der Waals surface area contributed by atoms with E-state index in [1.807, 2.05) is 0 Å². The third-order valence-electron chi connectivity index (χ3n) is 3.14. The van der Waals surface area contributed by atoms with E-state index in [9.17, 15) is 9.59 Å². The maximum absolute atomic E-state index is 11.8. The van der Waals surface area contributed by atoms with Gasteiger partial charge in [0.25, 0.3) is 5.91 Å². The first-order chi connectivity index (χ1) is 8.18. The molecule has 92 valence electrons. The molecule has 2 unspecified atom stereocenters. The standard InChI is InChI=1S/C11H15N3O3/c15-10(9-5-12-6-13-9)14-8-4-2-1-3-7(8)11(16)17/h5-8H,1-4H2,(H,12,13)(H,14,15)(H,16,17). The first-order valence-corrected chi connectivity index (χ1v) is 5.70. The second kappa shape index (κ2) is 4.99. The van der Waals surface area contributed by atoms with Gasteiger partial charge in [-0.3, -0.25) is 9.59 Å². The Bertz CT molecular complexity index is 402. The van der Waals surface area contributed by atoms with Crippen molar-refractivity contribution in [1.29, 1.82) is 0 Å². The summed E-state index contributed by atoms with van der Waals surface area (Å²) in [5.41, 5.74) is 0.361. The predicted octanol–water partition coefficient (Wildman–Crippen LogP) is 0.783. The number of amides is 1. The summed E-state index contributed by atoms with van der Waals surface area (Å²) in [5, 5.41) is 11.8. The fourth-order valence-electron chi connectivity index (χ4n) is 2.23. The first kappa shape index (κ1) is 11.6. The molecule has 6 heteroatoms. The summed E-state index contributed by atoms with van der Waals surface area (Å²) in [6.45, 7) is 0. The molecule has 1 aliphatic rings. The molecular formula is C11H15N3O3. The molecule has 2 rings (SSSR count). The van der Waals surface area contributed by atoms with Gasteiger partial charge < -0.3 is 15.4 Å². The van der Waals surface area contributed by atoms with Crippen LogP contribution in [0.15, 0.2) is 12.5 Å². The lowest BCUT2D eigenvalue weighted by atomic mass is 9.84. The minimum absolute atomic E-state index is 0.281. The average Bonchev–Trinajstić information content (AvgIpc) is 2.83. The Morgan fingerprint density at radius 3 is 2.82 bits per heavy atom. The second-order valence-corrected chi connectivity index (χ2v) is 4.27. The van der Waals surface area contributed by atoms with E-state index in [0.29, 0.717) is 12.1 Å². The highest BCUT2D eigenvalue weighted by Gasteiger charge is 2.32. The molecule has 17 heavy (non-hydrogen) atoms. The first-order valence-electron chi connectivity index (χ1n) is 5.70. The summed E-state index contributed by atoms with van der Waals surface area (Å²) in [5.74, 6) is -1.60. The number of nitrogens with zero attached hydrogens (tertiary/aromatic N) is 1. The van der Waals surface area contributed by atoms with Gasteiger partial charge in [0.2, 0.25) is 0 Å². The SMILES string of the molecule is O=C(NC1CCCCC1C(=O)O)c1cnc[nH]1. The van der Waals surface area contributed by atoms with E-state index < -0.39 is 11.9 Å². The van der Waals surface area contributed by atoms with Gasteiger partial charge in [-0.05, 0) is 12.8 Å². The zero-order valence-electron chi connectivity index (χ0n) is 9.35. The van der Waals surface area contributed by atoms with Gasteiger partial charge >= 0.3 is 5.97 Å². The summed E-state index contributed by atoms with van der Waals surface area (Å²) in [7, 11) is 0. The summed E-state index contributed by atoms with van der Waals surface area (Å²) in [6.07, 6.45) is 6.06. The van der Waals surface area contributed by atoms with Gasteiger partial charge in [-0.1, -0.05) is 12.8 Å². The lowest BCUT2D eigenvalue weighted by Crippen LogP contribution is -2.45. The molecule has 3 N–H and O–H groups in total. The van der Waals surface area contributed by atoms with Crippen LogP contribution in [0.4, 0.5) is 0 Å². The molecule has 1 aliphatic carbocycles. The van der Waals surface area contributed by atoms with E-state index in [2.05, 4.69) is 15.3 Å². The molecule has 1 heterocycles. The van der Waals surface area contributed by atoms with Crippen molar-refractivity contribution >= 4 is 11.9 Å². The number of imidazole rings is 1. The fourth-order valence-corrected chi connectivity index (χ4v) is 2.23. The van der Waals surface area contributed by atoms with E-state index >= 15 is 0 Å². The van der Waals surface area contributed by atoms with Crippen molar-refractivity contribution in [1.82, 2.24) is 15.3 Å². The molecule has 1 fully saturated rings. The van der Waals surface area contributed by atoms with Crippen LogP contribution in [-0.2, 0) is 4.79 Å². The zero-order valence-corrected chi connectivity index (χ0v) is 9.35. The maximum atomic E-state index is 11.8. The summed E-state index contributed by atoms with van der Waals surface area (Å²) >= 11 is 0. The Labute approximate surface area is 98.4 Å². The van der Waals surface area contributed by atoms with Crippen LogP contribution in [0.25, 0.3) is 0 Å². The molecule has 2 atom stereocenters. The number of carbonyl (C=O) groups excluding carboxylic acids is 1. The van der Waals surface area contributed by atoms with E-state index in [1.165, 1.54) is 12.5 Å². The highest BCUT2D eigenvalue weighted by molar-refractivity contribution is 5.92. The van der Waals surface area contributed by atoms with E-state index in [0.717, 1.165) is 19.3 Å². The number of aromatic nitrogens is 2. The molecule has 6 nitrogen and oxygen atoms in total. The lowest BCUT2D eigenvalue weighted by molar-refractivity contribution is -0.143. The minimum Gasteiger partial charge on any atom is -0.481 e. The third-order valence-corrected chi connectivity index (χ3v) is 3.14. The Hall–Kier alpha value is -1.85. The Kier molecular flexibility index (Phi) is 3.41. The van der Waals surface area contributed by atoms with Gasteiger partial charge in [0.05, 0.1) is 18.4 Å². The van der Waals surface area contributed by atoms with Gasteiger partial charge in [0.1, 0.15) is 5.69 Å². The highest BCUT2D eigenvalue weighted by Crippen LogP contribution is 2.24. The van der Waals surface area contributed by atoms with Crippen LogP contribution in [0, 0.1) is 5.92 Å². The van der Waals surface area contributed by atoms with Gasteiger partial charge in [-0.2, -0.15) is 0 Å². The van der Waals surface area contributed by atoms with E-state index in [-0.39, 0.29) is 11.9 Å². The fraction of sp³-hybridized carbons (Fsp3) is 0.545. The van der Waals surface area contributed by atoms with Crippen molar-refractivity contribution in [2.24, 2.45) is 5.92 Å². The molecule has 0 radical (unpaired) electrons. The Balaban J connectivity index is 2.01. The molecule has 1 aromatic rings. The Morgan fingerprint density at radius 2 is 2.18 bits per heavy atom. The van der Waals surface area contributed by atoms with Crippen LogP contribution in [0.1, 0.15) is 36.2 Å². The topological polar surface area (TPSA) is 95.1 Å². The summed E-state index contributed by atoms with van der Waals surface area (Å²) < 4.78 is 0. The van der Waals surface area contributed by atoms with Gasteiger partial charge in [0, 0.05) is 6.04 Å². The summed E-state index contributed by atoms with van der Waals surface area (Å²) in [6, 6.07) is -0.281. The zero-order chi connectivity index (χ0) is 12.3. The van der Waals surface area contributed by atoms with Crippen LogP contribution in [0.5, 0.6) is 0 Å². The maximum Gasteiger partial charge on any atom is 0.308 e. The molecule has 1 saturated carbocycles. The second-order valence-electron chi connectivity index (χ2n) is 4.27. The number of hydrogen-bond acceptors (Lipinski definition) is 3. The van der Waals surface area contributed by atoms with Gasteiger partial charge in [0.15, 0.2) is 0 Å². The number of carboxylic acid groups (broad SMARTS) is 1. The quantitative estimate of drug-likeness (QED) is 0.724. The number of nitrogens with one attached hydrogen (secondary N) is 2. The molecule has 0 aromatic carbocycles. The number of hydrogen-bond donors (Lipinski definition) is 3. The molecule has 0 saturated heterocycles. The molecule has 1 amide bonds. The summed E-state index contributed by atoms with van der Waals surface area (Å²) in [4.78, 5) is 29.3. The molecular weight excluding hydrogens is 222 g/mol. The number of H-pyrrole nitrogens is 1.